The SMILES string of the molecule is CN(C)CC1=C(c2cc3ccccc3cc2C(=N)C2CCCCC2)CC=C1. The van der Waals surface area contributed by atoms with E-state index in [4.69, 9.17) is 5.41 Å². The normalized spacial score (nSPS) is 18.0. The zero-order valence-corrected chi connectivity index (χ0v) is 16.6. The smallest absolute Gasteiger partial charge is 0.0423 e. The van der Waals surface area contributed by atoms with Gasteiger partial charge in [0, 0.05) is 23.7 Å². The van der Waals surface area contributed by atoms with Crippen molar-refractivity contribution < 1.29 is 0 Å². The molecule has 0 aromatic heterocycles. The van der Waals surface area contributed by atoms with Gasteiger partial charge in [-0.2, -0.15) is 0 Å². The molecule has 0 radical (unpaired) electrons. The molecule has 2 aromatic carbocycles. The van der Waals surface area contributed by atoms with Gasteiger partial charge in [0.1, 0.15) is 0 Å². The monoisotopic (exact) mass is 358 g/mol. The van der Waals surface area contributed by atoms with Crippen LogP contribution in [0, 0.1) is 11.3 Å². The number of likely N-dealkylation sites (N-methyl/N-ethyl adjacent to an activating group) is 1. The summed E-state index contributed by atoms with van der Waals surface area (Å²) in [6.45, 7) is 0.953. The molecule has 140 valence electrons. The predicted molar refractivity (Wildman–Crippen MR) is 117 cm³/mol. The highest BCUT2D eigenvalue weighted by Gasteiger charge is 2.24. The quantitative estimate of drug-likeness (QED) is 0.646. The Morgan fingerprint density at radius 3 is 2.44 bits per heavy atom. The molecule has 1 saturated carbocycles. The van der Waals surface area contributed by atoms with Crippen LogP contribution in [0.3, 0.4) is 0 Å². The summed E-state index contributed by atoms with van der Waals surface area (Å²) in [6, 6.07) is 13.2. The number of fused-ring (bicyclic) bond motifs is 1. The van der Waals surface area contributed by atoms with Gasteiger partial charge in [-0.05, 0) is 73.0 Å². The van der Waals surface area contributed by atoms with Crippen LogP contribution in [0.1, 0.15) is 49.7 Å². The minimum atomic E-state index is 0.422. The molecule has 0 bridgehead atoms. The number of allylic oxidation sites excluding steroid dienone is 2. The van der Waals surface area contributed by atoms with E-state index in [1.165, 1.54) is 59.6 Å². The van der Waals surface area contributed by atoms with Crippen LogP contribution in [0.25, 0.3) is 16.3 Å². The summed E-state index contributed by atoms with van der Waals surface area (Å²) in [5, 5.41) is 11.6. The molecule has 0 heterocycles. The zero-order chi connectivity index (χ0) is 18.8. The Bertz CT molecular complexity index is 911. The van der Waals surface area contributed by atoms with Gasteiger partial charge in [0.15, 0.2) is 0 Å². The van der Waals surface area contributed by atoms with Crippen molar-refractivity contribution in [2.24, 2.45) is 5.92 Å². The van der Waals surface area contributed by atoms with Gasteiger partial charge in [0.25, 0.3) is 0 Å². The second-order valence-corrected chi connectivity index (χ2v) is 8.34. The lowest BCUT2D eigenvalue weighted by molar-refractivity contribution is 0.438. The van der Waals surface area contributed by atoms with Gasteiger partial charge in [0.2, 0.25) is 0 Å². The van der Waals surface area contributed by atoms with Crippen molar-refractivity contribution in [1.29, 1.82) is 5.41 Å². The predicted octanol–water partition coefficient (Wildman–Crippen LogP) is 6.06. The molecule has 0 saturated heterocycles. The van der Waals surface area contributed by atoms with E-state index in [0.717, 1.165) is 24.2 Å². The average Bonchev–Trinajstić information content (AvgIpc) is 3.14. The van der Waals surface area contributed by atoms with Crippen molar-refractivity contribution in [2.75, 3.05) is 20.6 Å². The average molecular weight is 359 g/mol. The molecule has 0 unspecified atom stereocenters. The Morgan fingerprint density at radius 2 is 1.74 bits per heavy atom. The number of benzene rings is 2. The highest BCUT2D eigenvalue weighted by Crippen LogP contribution is 2.36. The maximum absolute atomic E-state index is 9.06. The number of hydrogen-bond donors (Lipinski definition) is 1. The fourth-order valence-corrected chi connectivity index (χ4v) is 4.65. The highest BCUT2D eigenvalue weighted by atomic mass is 15.0. The summed E-state index contributed by atoms with van der Waals surface area (Å²) < 4.78 is 0. The number of rotatable bonds is 5. The second kappa shape index (κ2) is 7.82. The van der Waals surface area contributed by atoms with Crippen LogP contribution in [0.15, 0.2) is 54.1 Å². The maximum atomic E-state index is 9.06. The van der Waals surface area contributed by atoms with Crippen molar-refractivity contribution in [1.82, 2.24) is 4.90 Å². The Labute approximate surface area is 163 Å². The van der Waals surface area contributed by atoms with Crippen molar-refractivity contribution in [3.05, 3.63) is 65.3 Å². The highest BCUT2D eigenvalue weighted by molar-refractivity contribution is 6.08. The first-order valence-corrected chi connectivity index (χ1v) is 10.3. The molecule has 2 aliphatic carbocycles. The van der Waals surface area contributed by atoms with E-state index < -0.39 is 0 Å². The molecule has 0 spiro atoms. The summed E-state index contributed by atoms with van der Waals surface area (Å²) in [7, 11) is 4.25. The molecule has 0 amide bonds. The van der Waals surface area contributed by atoms with Crippen molar-refractivity contribution >= 4 is 22.1 Å². The van der Waals surface area contributed by atoms with Crippen molar-refractivity contribution in [3.63, 3.8) is 0 Å². The van der Waals surface area contributed by atoms with Crippen LogP contribution in [-0.4, -0.2) is 31.3 Å². The number of nitrogens with one attached hydrogen (secondary N) is 1. The third-order valence-electron chi connectivity index (χ3n) is 6.03. The molecule has 2 aliphatic rings. The van der Waals surface area contributed by atoms with Gasteiger partial charge < -0.3 is 10.3 Å². The molecule has 1 fully saturated rings. The van der Waals surface area contributed by atoms with E-state index in [1.54, 1.807) is 0 Å². The van der Waals surface area contributed by atoms with Crippen molar-refractivity contribution in [2.45, 2.75) is 38.5 Å². The van der Waals surface area contributed by atoms with Crippen LogP contribution in [-0.2, 0) is 0 Å². The number of hydrogen-bond acceptors (Lipinski definition) is 2. The van der Waals surface area contributed by atoms with E-state index in [2.05, 4.69) is 67.5 Å². The van der Waals surface area contributed by atoms with E-state index in [9.17, 15) is 0 Å². The topological polar surface area (TPSA) is 27.1 Å². The molecule has 2 nitrogen and oxygen atoms in total. The van der Waals surface area contributed by atoms with E-state index in [-0.39, 0.29) is 0 Å². The van der Waals surface area contributed by atoms with Gasteiger partial charge in [-0.3, -0.25) is 0 Å². The minimum Gasteiger partial charge on any atom is -0.305 e. The fourth-order valence-electron chi connectivity index (χ4n) is 4.65. The van der Waals surface area contributed by atoms with Gasteiger partial charge in [-0.25, -0.2) is 0 Å². The first-order valence-electron chi connectivity index (χ1n) is 10.3. The summed E-state index contributed by atoms with van der Waals surface area (Å²) in [5.74, 6) is 0.422. The molecular formula is C25H30N2. The lowest BCUT2D eigenvalue weighted by atomic mass is 9.80. The maximum Gasteiger partial charge on any atom is 0.0423 e. The number of nitrogens with zero attached hydrogens (tertiary/aromatic N) is 1. The van der Waals surface area contributed by atoms with Crippen LogP contribution in [0.4, 0.5) is 0 Å². The first kappa shape index (κ1) is 18.2. The third kappa shape index (κ3) is 3.77. The fraction of sp³-hybridized carbons (Fsp3) is 0.400. The van der Waals surface area contributed by atoms with E-state index in [1.807, 2.05) is 0 Å². The lowest BCUT2D eigenvalue weighted by Gasteiger charge is -2.25. The van der Waals surface area contributed by atoms with Crippen LogP contribution in [0.2, 0.25) is 0 Å². The summed E-state index contributed by atoms with van der Waals surface area (Å²) >= 11 is 0. The molecule has 0 atom stereocenters. The Kier molecular flexibility index (Phi) is 5.27. The van der Waals surface area contributed by atoms with Crippen LogP contribution in [0.5, 0.6) is 0 Å². The van der Waals surface area contributed by atoms with Crippen molar-refractivity contribution in [3.8, 4) is 0 Å². The summed E-state index contributed by atoms with van der Waals surface area (Å²) in [4.78, 5) is 2.23. The third-order valence-corrected chi connectivity index (χ3v) is 6.03. The largest absolute Gasteiger partial charge is 0.305 e. The molecular weight excluding hydrogens is 328 g/mol. The first-order chi connectivity index (χ1) is 13.1. The summed E-state index contributed by atoms with van der Waals surface area (Å²) in [6.07, 6.45) is 11.7. The molecule has 0 aliphatic heterocycles. The molecule has 4 rings (SSSR count). The van der Waals surface area contributed by atoms with Gasteiger partial charge >= 0.3 is 0 Å². The van der Waals surface area contributed by atoms with Crippen LogP contribution < -0.4 is 0 Å². The van der Waals surface area contributed by atoms with E-state index in [0.29, 0.717) is 5.92 Å². The zero-order valence-electron chi connectivity index (χ0n) is 16.6. The van der Waals surface area contributed by atoms with Crippen LogP contribution >= 0.6 is 0 Å². The molecule has 2 heteroatoms. The molecule has 1 N–H and O–H groups in total. The van der Waals surface area contributed by atoms with Gasteiger partial charge in [-0.15, -0.1) is 0 Å². The summed E-state index contributed by atoms with van der Waals surface area (Å²) in [5.41, 5.74) is 6.11. The molecule has 2 aromatic rings. The second-order valence-electron chi connectivity index (χ2n) is 8.34. The van der Waals surface area contributed by atoms with Gasteiger partial charge in [0.05, 0.1) is 0 Å². The van der Waals surface area contributed by atoms with E-state index >= 15 is 0 Å². The Morgan fingerprint density at radius 1 is 1.04 bits per heavy atom. The lowest BCUT2D eigenvalue weighted by Crippen LogP contribution is -2.20. The standard InChI is InChI=1S/C25H30N2/c1-27(2)17-21-13-8-14-22(21)23-15-19-11-6-7-12-20(19)16-24(23)25(26)18-9-4-3-5-10-18/h6-8,11-13,15-16,18,26H,3-5,9-10,14,17H2,1-2H3. The van der Waals surface area contributed by atoms with Gasteiger partial charge in [-0.1, -0.05) is 55.7 Å². The Hall–Kier alpha value is -2.19. The molecule has 27 heavy (non-hydrogen) atoms. The Balaban J connectivity index is 1.84. The minimum absolute atomic E-state index is 0.422.